The Morgan fingerprint density at radius 2 is 1.85 bits per heavy atom. The lowest BCUT2D eigenvalue weighted by Crippen LogP contribution is -1.93. The molecule has 3 nitrogen and oxygen atoms in total. The number of imidazole rings is 1. The Bertz CT molecular complexity index is 769. The lowest BCUT2D eigenvalue weighted by molar-refractivity contribution is 0.873. The molecule has 0 aliphatic rings. The first-order valence-electron chi connectivity index (χ1n) is 6.89. The molecule has 0 bridgehead atoms. The van der Waals surface area contributed by atoms with Crippen LogP contribution >= 0.6 is 0 Å². The lowest BCUT2D eigenvalue weighted by atomic mass is 10.0. The molecule has 1 aromatic heterocycles. The molecule has 0 aliphatic carbocycles. The minimum atomic E-state index is 0.460. The molecule has 3 rings (SSSR count). The van der Waals surface area contributed by atoms with Crippen molar-refractivity contribution in [2.24, 2.45) is 7.05 Å². The number of aryl methyl sites for hydroxylation is 1. The summed E-state index contributed by atoms with van der Waals surface area (Å²) in [5, 5.41) is 0. The number of nitrogens with two attached hydrogens (primary N) is 1. The molecule has 0 aliphatic heterocycles. The third-order valence-corrected chi connectivity index (χ3v) is 3.71. The first-order valence-corrected chi connectivity index (χ1v) is 6.89. The zero-order valence-electron chi connectivity index (χ0n) is 12.1. The fourth-order valence-electron chi connectivity index (χ4n) is 2.64. The van der Waals surface area contributed by atoms with E-state index < -0.39 is 0 Å². The third kappa shape index (κ3) is 1.95. The normalized spacial score (nSPS) is 11.4. The van der Waals surface area contributed by atoms with Crippen LogP contribution in [-0.2, 0) is 7.05 Å². The summed E-state index contributed by atoms with van der Waals surface area (Å²) in [6, 6.07) is 14.2. The Balaban J connectivity index is 2.28. The summed E-state index contributed by atoms with van der Waals surface area (Å²) in [5.74, 6) is 1.42. The summed E-state index contributed by atoms with van der Waals surface area (Å²) in [6.45, 7) is 4.40. The molecule has 102 valence electrons. The standard InChI is InChI=1S/C17H19N3/c1-11(2)14-8-5-9-15-16(14)19-17(20(15)3)12-6-4-7-13(18)10-12/h4-11H,18H2,1-3H3. The van der Waals surface area contributed by atoms with Gasteiger partial charge in [0.25, 0.3) is 0 Å². The monoisotopic (exact) mass is 265 g/mol. The van der Waals surface area contributed by atoms with Crippen LogP contribution in [0.5, 0.6) is 0 Å². The van der Waals surface area contributed by atoms with E-state index >= 15 is 0 Å². The van der Waals surface area contributed by atoms with E-state index in [9.17, 15) is 0 Å². The highest BCUT2D eigenvalue weighted by Crippen LogP contribution is 2.29. The van der Waals surface area contributed by atoms with E-state index in [0.717, 1.165) is 28.1 Å². The number of hydrogen-bond donors (Lipinski definition) is 1. The Morgan fingerprint density at radius 1 is 1.10 bits per heavy atom. The van der Waals surface area contributed by atoms with Gasteiger partial charge in [-0.3, -0.25) is 0 Å². The summed E-state index contributed by atoms with van der Waals surface area (Å²) in [6.07, 6.45) is 0. The molecule has 0 spiro atoms. The molecule has 0 saturated heterocycles. The molecular weight excluding hydrogens is 246 g/mol. The number of fused-ring (bicyclic) bond motifs is 1. The van der Waals surface area contributed by atoms with Gasteiger partial charge in [-0.1, -0.05) is 38.1 Å². The minimum Gasteiger partial charge on any atom is -0.399 e. The second-order valence-electron chi connectivity index (χ2n) is 5.49. The molecule has 3 heteroatoms. The van der Waals surface area contributed by atoms with Crippen LogP contribution in [0, 0.1) is 0 Å². The number of para-hydroxylation sites is 1. The fraction of sp³-hybridized carbons (Fsp3) is 0.235. The molecule has 2 N–H and O–H groups in total. The number of rotatable bonds is 2. The van der Waals surface area contributed by atoms with E-state index in [0.29, 0.717) is 5.92 Å². The Kier molecular flexibility index (Phi) is 2.97. The molecule has 0 atom stereocenters. The number of aromatic nitrogens is 2. The predicted molar refractivity (Wildman–Crippen MR) is 84.7 cm³/mol. The van der Waals surface area contributed by atoms with Crippen LogP contribution < -0.4 is 5.73 Å². The maximum absolute atomic E-state index is 5.88. The van der Waals surface area contributed by atoms with Gasteiger partial charge in [-0.05, 0) is 29.7 Å². The summed E-state index contributed by atoms with van der Waals surface area (Å²) < 4.78 is 2.13. The average molecular weight is 265 g/mol. The van der Waals surface area contributed by atoms with Crippen molar-refractivity contribution in [1.82, 2.24) is 9.55 Å². The van der Waals surface area contributed by atoms with Crippen molar-refractivity contribution in [2.45, 2.75) is 19.8 Å². The number of nitrogens with zero attached hydrogens (tertiary/aromatic N) is 2. The highest BCUT2D eigenvalue weighted by molar-refractivity contribution is 5.84. The van der Waals surface area contributed by atoms with Crippen LogP contribution in [0.1, 0.15) is 25.3 Å². The first-order chi connectivity index (χ1) is 9.58. The number of anilines is 1. The van der Waals surface area contributed by atoms with Crippen LogP contribution in [0.4, 0.5) is 5.69 Å². The van der Waals surface area contributed by atoms with Gasteiger partial charge in [0.05, 0.1) is 11.0 Å². The summed E-state index contributed by atoms with van der Waals surface area (Å²) in [4.78, 5) is 4.85. The van der Waals surface area contributed by atoms with E-state index in [2.05, 4.69) is 43.7 Å². The van der Waals surface area contributed by atoms with Gasteiger partial charge in [0.15, 0.2) is 0 Å². The molecule has 0 unspecified atom stereocenters. The Morgan fingerprint density at radius 3 is 2.55 bits per heavy atom. The van der Waals surface area contributed by atoms with Crippen molar-refractivity contribution in [3.63, 3.8) is 0 Å². The lowest BCUT2D eigenvalue weighted by Gasteiger charge is -2.05. The fourth-order valence-corrected chi connectivity index (χ4v) is 2.64. The van der Waals surface area contributed by atoms with Crippen molar-refractivity contribution < 1.29 is 0 Å². The molecule has 0 radical (unpaired) electrons. The van der Waals surface area contributed by atoms with E-state index in [1.807, 2.05) is 24.3 Å². The molecule has 0 fully saturated rings. The van der Waals surface area contributed by atoms with Gasteiger partial charge in [0.1, 0.15) is 5.82 Å². The van der Waals surface area contributed by atoms with Gasteiger partial charge >= 0.3 is 0 Å². The molecule has 2 aromatic carbocycles. The van der Waals surface area contributed by atoms with Gasteiger partial charge in [0, 0.05) is 18.3 Å². The summed E-state index contributed by atoms with van der Waals surface area (Å²) in [7, 11) is 2.05. The van der Waals surface area contributed by atoms with E-state index in [1.54, 1.807) is 0 Å². The molecule has 1 heterocycles. The summed E-state index contributed by atoms with van der Waals surface area (Å²) in [5.41, 5.74) is 11.2. The quantitative estimate of drug-likeness (QED) is 0.713. The summed E-state index contributed by atoms with van der Waals surface area (Å²) >= 11 is 0. The van der Waals surface area contributed by atoms with Crippen molar-refractivity contribution in [1.29, 1.82) is 0 Å². The minimum absolute atomic E-state index is 0.460. The second kappa shape index (κ2) is 4.67. The predicted octanol–water partition coefficient (Wildman–Crippen LogP) is 3.95. The number of benzene rings is 2. The Labute approximate surface area is 119 Å². The molecule has 20 heavy (non-hydrogen) atoms. The largest absolute Gasteiger partial charge is 0.399 e. The van der Waals surface area contributed by atoms with Gasteiger partial charge in [-0.2, -0.15) is 0 Å². The smallest absolute Gasteiger partial charge is 0.140 e. The zero-order chi connectivity index (χ0) is 14.3. The molecule has 3 aromatic rings. The third-order valence-electron chi connectivity index (χ3n) is 3.71. The second-order valence-corrected chi connectivity index (χ2v) is 5.49. The number of hydrogen-bond acceptors (Lipinski definition) is 2. The van der Waals surface area contributed by atoms with E-state index in [-0.39, 0.29) is 0 Å². The van der Waals surface area contributed by atoms with Crippen molar-refractivity contribution in [2.75, 3.05) is 5.73 Å². The highest BCUT2D eigenvalue weighted by Gasteiger charge is 2.14. The van der Waals surface area contributed by atoms with Crippen LogP contribution in [0.15, 0.2) is 42.5 Å². The first kappa shape index (κ1) is 12.7. The highest BCUT2D eigenvalue weighted by atomic mass is 15.1. The van der Waals surface area contributed by atoms with Gasteiger partial charge < -0.3 is 10.3 Å². The van der Waals surface area contributed by atoms with Crippen LogP contribution in [-0.4, -0.2) is 9.55 Å². The topological polar surface area (TPSA) is 43.8 Å². The average Bonchev–Trinajstić information content (AvgIpc) is 2.76. The number of nitrogen functional groups attached to an aromatic ring is 1. The van der Waals surface area contributed by atoms with E-state index in [1.165, 1.54) is 5.56 Å². The Hall–Kier alpha value is -2.29. The maximum Gasteiger partial charge on any atom is 0.140 e. The van der Waals surface area contributed by atoms with Gasteiger partial charge in [-0.15, -0.1) is 0 Å². The molecular formula is C17H19N3. The SMILES string of the molecule is CC(C)c1cccc2c1nc(-c1cccc(N)c1)n2C. The van der Waals surface area contributed by atoms with Crippen molar-refractivity contribution in [3.05, 3.63) is 48.0 Å². The van der Waals surface area contributed by atoms with Crippen LogP contribution in [0.2, 0.25) is 0 Å². The molecule has 0 amide bonds. The zero-order valence-corrected chi connectivity index (χ0v) is 12.1. The van der Waals surface area contributed by atoms with Crippen molar-refractivity contribution >= 4 is 16.7 Å². The van der Waals surface area contributed by atoms with Gasteiger partial charge in [-0.25, -0.2) is 4.98 Å². The van der Waals surface area contributed by atoms with Crippen LogP contribution in [0.3, 0.4) is 0 Å². The van der Waals surface area contributed by atoms with Crippen LogP contribution in [0.25, 0.3) is 22.4 Å². The van der Waals surface area contributed by atoms with E-state index in [4.69, 9.17) is 10.7 Å². The maximum atomic E-state index is 5.88. The molecule has 0 saturated carbocycles. The van der Waals surface area contributed by atoms with Crippen molar-refractivity contribution in [3.8, 4) is 11.4 Å². The van der Waals surface area contributed by atoms with Gasteiger partial charge in [0.2, 0.25) is 0 Å².